The summed E-state index contributed by atoms with van der Waals surface area (Å²) in [6.45, 7) is 3.28. The van der Waals surface area contributed by atoms with E-state index in [0.717, 1.165) is 4.90 Å². The number of allylic oxidation sites excluding steroid dienone is 1. The van der Waals surface area contributed by atoms with E-state index in [1.165, 1.54) is 0 Å². The molecule has 0 bridgehead atoms. The molecule has 9 heteroatoms. The number of hydrogen-bond donors (Lipinski definition) is 1. The lowest BCUT2D eigenvalue weighted by Gasteiger charge is -2.51. The van der Waals surface area contributed by atoms with Gasteiger partial charge in [0.15, 0.2) is 8.61 Å². The van der Waals surface area contributed by atoms with Crippen LogP contribution in [-0.2, 0) is 19.6 Å². The molecule has 2 saturated heterocycles. The van der Waals surface area contributed by atoms with Crippen LogP contribution in [-0.4, -0.2) is 33.7 Å². The van der Waals surface area contributed by atoms with Crippen molar-refractivity contribution in [3.05, 3.63) is 11.3 Å². The van der Waals surface area contributed by atoms with Crippen molar-refractivity contribution in [3.8, 4) is 0 Å². The van der Waals surface area contributed by atoms with Gasteiger partial charge >= 0.3 is 0 Å². The molecule has 2 aliphatic rings. The Morgan fingerprint density at radius 3 is 2.35 bits per heavy atom. The van der Waals surface area contributed by atoms with Crippen LogP contribution in [0.1, 0.15) is 13.8 Å². The zero-order valence-corrected chi connectivity index (χ0v) is 12.8. The molecule has 2 heterocycles. The van der Waals surface area contributed by atoms with Crippen molar-refractivity contribution in [1.82, 2.24) is 9.62 Å². The van der Waals surface area contributed by atoms with Crippen LogP contribution >= 0.6 is 31.9 Å². The lowest BCUT2D eigenvalue weighted by Crippen LogP contribution is -2.75. The van der Waals surface area contributed by atoms with Gasteiger partial charge in [-0.3, -0.25) is 14.5 Å². The molecular formula is C8H8Br2N2O4S. The van der Waals surface area contributed by atoms with Gasteiger partial charge in [-0.05, 0) is 19.4 Å². The van der Waals surface area contributed by atoms with Gasteiger partial charge in [-0.1, -0.05) is 31.9 Å². The number of nitrogens with one attached hydrogen (secondary N) is 1. The first-order valence-corrected chi connectivity index (χ1v) is 7.69. The largest absolute Gasteiger partial charge is 0.283 e. The summed E-state index contributed by atoms with van der Waals surface area (Å²) in [5.41, 5.74) is 0.663. The van der Waals surface area contributed by atoms with Gasteiger partial charge in [0.2, 0.25) is 0 Å². The van der Waals surface area contributed by atoms with Gasteiger partial charge in [-0.25, -0.2) is 13.1 Å². The Morgan fingerprint density at radius 2 is 1.88 bits per heavy atom. The fourth-order valence-electron chi connectivity index (χ4n) is 1.83. The molecule has 17 heavy (non-hydrogen) atoms. The van der Waals surface area contributed by atoms with Gasteiger partial charge in [-0.15, -0.1) is 0 Å². The number of hydrogen-bond acceptors (Lipinski definition) is 4. The van der Waals surface area contributed by atoms with E-state index in [-0.39, 0.29) is 5.70 Å². The Morgan fingerprint density at radius 1 is 1.35 bits per heavy atom. The maximum atomic E-state index is 11.8. The van der Waals surface area contributed by atoms with Crippen LogP contribution < -0.4 is 4.72 Å². The van der Waals surface area contributed by atoms with Crippen molar-refractivity contribution in [3.63, 3.8) is 0 Å². The molecule has 0 radical (unpaired) electrons. The van der Waals surface area contributed by atoms with E-state index in [4.69, 9.17) is 0 Å². The summed E-state index contributed by atoms with van der Waals surface area (Å²) < 4.78 is 24.1. The highest BCUT2D eigenvalue weighted by Gasteiger charge is 2.68. The number of carbonyl (C=O) groups is 2. The summed E-state index contributed by atoms with van der Waals surface area (Å²) in [6.07, 6.45) is 0. The number of sulfonamides is 1. The van der Waals surface area contributed by atoms with Crippen LogP contribution in [0.3, 0.4) is 0 Å². The fraction of sp³-hybridized carbons (Fsp3) is 0.500. The van der Waals surface area contributed by atoms with Gasteiger partial charge in [0.25, 0.3) is 21.8 Å². The third-order valence-corrected chi connectivity index (χ3v) is 6.28. The van der Waals surface area contributed by atoms with Crippen LogP contribution in [0.25, 0.3) is 0 Å². The molecule has 0 aromatic carbocycles. The minimum Gasteiger partial charge on any atom is -0.283 e. The van der Waals surface area contributed by atoms with Crippen LogP contribution in [0, 0.1) is 0 Å². The van der Waals surface area contributed by atoms with Gasteiger partial charge in [0.05, 0.1) is 0 Å². The number of nitrogens with zero attached hydrogens (tertiary/aromatic N) is 1. The molecule has 1 atom stereocenters. The maximum absolute atomic E-state index is 11.8. The predicted molar refractivity (Wildman–Crippen MR) is 66.7 cm³/mol. The molecule has 0 aromatic rings. The molecule has 6 nitrogen and oxygen atoms in total. The van der Waals surface area contributed by atoms with E-state index in [1.54, 1.807) is 13.8 Å². The Kier molecular flexibility index (Phi) is 2.72. The lowest BCUT2D eigenvalue weighted by molar-refractivity contribution is -0.142. The second kappa shape index (κ2) is 3.55. The normalized spacial score (nSPS) is 29.3. The first kappa shape index (κ1) is 13.0. The van der Waals surface area contributed by atoms with E-state index in [0.29, 0.717) is 5.57 Å². The van der Waals surface area contributed by atoms with Crippen molar-refractivity contribution >= 4 is 53.7 Å². The zero-order valence-electron chi connectivity index (χ0n) is 8.82. The fourth-order valence-corrected chi connectivity index (χ4v) is 5.54. The van der Waals surface area contributed by atoms with Crippen molar-refractivity contribution in [1.29, 1.82) is 0 Å². The number of rotatable bonds is 0. The van der Waals surface area contributed by atoms with E-state index < -0.39 is 30.4 Å². The maximum Gasteiger partial charge on any atom is 0.281 e. The molecule has 2 aliphatic heterocycles. The number of amides is 2. The summed E-state index contributed by atoms with van der Waals surface area (Å²) in [5.74, 6) is -1.28. The first-order valence-electron chi connectivity index (χ1n) is 4.55. The van der Waals surface area contributed by atoms with Gasteiger partial charge < -0.3 is 0 Å². The number of alkyl halides is 2. The van der Waals surface area contributed by atoms with E-state index in [2.05, 4.69) is 31.9 Å². The SMILES string of the molecule is CC(C)=C1C(=O)NS(=O)(=O)[C@H]2N1C(=O)C2(Br)Br. The topological polar surface area (TPSA) is 83.6 Å². The van der Waals surface area contributed by atoms with Crippen LogP contribution in [0.4, 0.5) is 0 Å². The van der Waals surface area contributed by atoms with Crippen molar-refractivity contribution in [2.45, 2.75) is 22.5 Å². The number of fused-ring (bicyclic) bond motifs is 1. The molecule has 0 aromatic heterocycles. The summed E-state index contributed by atoms with van der Waals surface area (Å²) in [4.78, 5) is 24.4. The monoisotopic (exact) mass is 386 g/mol. The van der Waals surface area contributed by atoms with Gasteiger partial charge in [0.1, 0.15) is 5.70 Å². The minimum atomic E-state index is -3.90. The minimum absolute atomic E-state index is 0.0874. The summed E-state index contributed by atoms with van der Waals surface area (Å²) >= 11 is 6.03. The third-order valence-electron chi connectivity index (χ3n) is 2.51. The Labute approximate surface area is 115 Å². The highest BCUT2D eigenvalue weighted by molar-refractivity contribution is 9.26. The number of β-lactam (4-membered cyclic amide) rings is 1. The summed E-state index contributed by atoms with van der Waals surface area (Å²) in [7, 11) is -3.90. The van der Waals surface area contributed by atoms with Gasteiger partial charge in [0, 0.05) is 0 Å². The van der Waals surface area contributed by atoms with Crippen LogP contribution in [0.15, 0.2) is 11.3 Å². The molecule has 2 rings (SSSR count). The van der Waals surface area contributed by atoms with Gasteiger partial charge in [-0.2, -0.15) is 0 Å². The Hall–Kier alpha value is -0.410. The summed E-state index contributed by atoms with van der Waals surface area (Å²) in [6, 6.07) is 0. The van der Waals surface area contributed by atoms with Crippen molar-refractivity contribution < 1.29 is 18.0 Å². The van der Waals surface area contributed by atoms with E-state index >= 15 is 0 Å². The molecule has 0 saturated carbocycles. The molecular weight excluding hydrogens is 380 g/mol. The first-order chi connectivity index (χ1) is 7.60. The molecule has 0 aliphatic carbocycles. The summed E-state index contributed by atoms with van der Waals surface area (Å²) in [5, 5.41) is -1.16. The quantitative estimate of drug-likeness (QED) is 0.370. The van der Waals surface area contributed by atoms with Crippen LogP contribution in [0.2, 0.25) is 0 Å². The molecule has 0 unspecified atom stereocenters. The standard InChI is InChI=1S/C8H8Br2N2O4S/c1-3(2)4-5(13)11-17(15,16)7-8(9,10)6(14)12(4)7/h7H,1-2H3,(H,11,13)/t7-/m1/s1. The smallest absolute Gasteiger partial charge is 0.281 e. The molecule has 94 valence electrons. The average molecular weight is 388 g/mol. The molecule has 1 N–H and O–H groups in total. The second-order valence-corrected chi connectivity index (χ2v) is 9.28. The van der Waals surface area contributed by atoms with E-state index in [9.17, 15) is 18.0 Å². The van der Waals surface area contributed by atoms with E-state index in [1.807, 2.05) is 4.72 Å². The third kappa shape index (κ3) is 1.59. The molecule has 0 spiro atoms. The van der Waals surface area contributed by atoms with Crippen molar-refractivity contribution in [2.24, 2.45) is 0 Å². The second-order valence-electron chi connectivity index (χ2n) is 3.98. The Balaban J connectivity index is 2.62. The highest BCUT2D eigenvalue weighted by atomic mass is 79.9. The lowest BCUT2D eigenvalue weighted by atomic mass is 10.1. The highest BCUT2D eigenvalue weighted by Crippen LogP contribution is 2.50. The average Bonchev–Trinajstić information content (AvgIpc) is 2.13. The Bertz CT molecular complexity index is 562. The number of carbonyl (C=O) groups excluding carboxylic acids is 2. The van der Waals surface area contributed by atoms with Crippen molar-refractivity contribution in [2.75, 3.05) is 0 Å². The molecule has 2 fully saturated rings. The molecule has 2 amide bonds. The van der Waals surface area contributed by atoms with Crippen LogP contribution in [0.5, 0.6) is 0 Å². The predicted octanol–water partition coefficient (Wildman–Crippen LogP) is 0.394. The zero-order chi connectivity index (χ0) is 13.2. The number of halogens is 2.